The number of nitrogens with one attached hydrogen (secondary N) is 1. The maximum atomic E-state index is 12.4. The molecule has 0 bridgehead atoms. The number of ether oxygens (including phenoxy) is 1. The van der Waals surface area contributed by atoms with Gasteiger partial charge in [0, 0.05) is 0 Å². The van der Waals surface area contributed by atoms with E-state index in [2.05, 4.69) is 10.3 Å². The van der Waals surface area contributed by atoms with E-state index < -0.39 is 5.91 Å². The number of thiazole rings is 1. The molecule has 1 aliphatic carbocycles. The van der Waals surface area contributed by atoms with E-state index >= 15 is 0 Å². The Morgan fingerprint density at radius 1 is 1.26 bits per heavy atom. The molecule has 1 N–H and O–H groups in total. The first kappa shape index (κ1) is 17.7. The number of benzene rings is 1. The average Bonchev–Trinajstić information content (AvgIpc) is 3.16. The van der Waals surface area contributed by atoms with Gasteiger partial charge in [-0.15, -0.1) is 0 Å². The molecule has 0 radical (unpaired) electrons. The van der Waals surface area contributed by atoms with Gasteiger partial charge < -0.3 is 10.1 Å². The van der Waals surface area contributed by atoms with Crippen molar-refractivity contribution in [2.45, 2.75) is 19.8 Å². The number of fused-ring (bicyclic) bond motifs is 2. The van der Waals surface area contributed by atoms with Crippen LogP contribution in [0.5, 0.6) is 5.75 Å². The van der Waals surface area contributed by atoms with Gasteiger partial charge in [0.1, 0.15) is 12.3 Å². The molecule has 2 heterocycles. The Balaban J connectivity index is 1.44. The third kappa shape index (κ3) is 3.32. The first-order valence-electron chi connectivity index (χ1n) is 8.90. The van der Waals surface area contributed by atoms with Gasteiger partial charge in [0.2, 0.25) is 17.7 Å². The van der Waals surface area contributed by atoms with Crippen molar-refractivity contribution >= 4 is 44.4 Å². The molecular weight excluding hydrogens is 366 g/mol. The molecule has 0 spiro atoms. The molecule has 3 amide bonds. The van der Waals surface area contributed by atoms with Gasteiger partial charge in [-0.1, -0.05) is 23.5 Å². The second-order valence-electron chi connectivity index (χ2n) is 6.55. The topological polar surface area (TPSA) is 88.6 Å². The monoisotopic (exact) mass is 385 g/mol. The summed E-state index contributed by atoms with van der Waals surface area (Å²) in [6, 6.07) is 5.53. The summed E-state index contributed by atoms with van der Waals surface area (Å²) < 4.78 is 6.36. The number of hydrogen-bond acceptors (Lipinski definition) is 6. The number of hydrogen-bond donors (Lipinski definition) is 1. The van der Waals surface area contributed by atoms with E-state index in [1.54, 1.807) is 0 Å². The zero-order chi connectivity index (χ0) is 19.0. The largest absolute Gasteiger partial charge is 0.494 e. The Morgan fingerprint density at radius 3 is 2.63 bits per heavy atom. The summed E-state index contributed by atoms with van der Waals surface area (Å²) in [7, 11) is 0. The number of allylic oxidation sites excluding steroid dienone is 2. The molecule has 2 aliphatic rings. The Kier molecular flexibility index (Phi) is 4.65. The molecule has 0 unspecified atom stereocenters. The van der Waals surface area contributed by atoms with Crippen LogP contribution in [0.1, 0.15) is 19.8 Å². The van der Waals surface area contributed by atoms with Gasteiger partial charge in [-0.25, -0.2) is 4.98 Å². The van der Waals surface area contributed by atoms with E-state index in [0.29, 0.717) is 24.6 Å². The summed E-state index contributed by atoms with van der Waals surface area (Å²) in [4.78, 5) is 42.7. The fourth-order valence-corrected chi connectivity index (χ4v) is 4.45. The molecule has 2 atom stereocenters. The van der Waals surface area contributed by atoms with Crippen molar-refractivity contribution in [1.29, 1.82) is 0 Å². The van der Waals surface area contributed by atoms with Crippen molar-refractivity contribution in [2.24, 2.45) is 11.8 Å². The average molecular weight is 385 g/mol. The molecule has 1 aromatic heterocycles. The SMILES string of the molecule is CCOc1ccc2nc(NC(=O)CN3C(=O)[C@@H]4CC=CC[C@H]4C3=O)sc2c1. The van der Waals surface area contributed by atoms with E-state index in [1.165, 1.54) is 11.3 Å². The predicted molar refractivity (Wildman–Crippen MR) is 101 cm³/mol. The standard InChI is InChI=1S/C19H19N3O4S/c1-2-26-11-7-8-14-15(9-11)27-19(20-14)21-16(23)10-22-17(24)12-5-3-4-6-13(12)18(22)25/h3-4,7-9,12-13H,2,5-6,10H2,1H3,(H,20,21,23)/t12-,13-/m1/s1. The number of nitrogens with zero attached hydrogens (tertiary/aromatic N) is 2. The Morgan fingerprint density at radius 2 is 1.96 bits per heavy atom. The fourth-order valence-electron chi connectivity index (χ4n) is 3.54. The van der Waals surface area contributed by atoms with Crippen LogP contribution in [0.15, 0.2) is 30.4 Å². The molecule has 0 saturated carbocycles. The molecule has 1 aliphatic heterocycles. The molecule has 1 fully saturated rings. The number of rotatable bonds is 5. The number of anilines is 1. The van der Waals surface area contributed by atoms with E-state index in [4.69, 9.17) is 4.74 Å². The predicted octanol–water partition coefficient (Wildman–Crippen LogP) is 2.58. The molecule has 140 valence electrons. The number of likely N-dealkylation sites (tertiary alicyclic amines) is 1. The van der Waals surface area contributed by atoms with Crippen LogP contribution in [-0.2, 0) is 14.4 Å². The molecule has 4 rings (SSSR count). The Labute approximate surface area is 160 Å². The minimum absolute atomic E-state index is 0.254. The van der Waals surface area contributed by atoms with Crippen LogP contribution in [0.25, 0.3) is 10.2 Å². The highest BCUT2D eigenvalue weighted by molar-refractivity contribution is 7.22. The lowest BCUT2D eigenvalue weighted by Crippen LogP contribution is -2.38. The fraction of sp³-hybridized carbons (Fsp3) is 0.368. The number of carbonyl (C=O) groups is 3. The third-order valence-electron chi connectivity index (χ3n) is 4.82. The first-order chi connectivity index (χ1) is 13.1. The lowest BCUT2D eigenvalue weighted by Gasteiger charge is -2.14. The van der Waals surface area contributed by atoms with Crippen molar-refractivity contribution in [3.8, 4) is 5.75 Å². The number of amides is 3. The summed E-state index contributed by atoms with van der Waals surface area (Å²) in [6.45, 7) is 2.21. The molecule has 7 nitrogen and oxygen atoms in total. The summed E-state index contributed by atoms with van der Waals surface area (Å²) >= 11 is 1.32. The van der Waals surface area contributed by atoms with Crippen molar-refractivity contribution < 1.29 is 19.1 Å². The van der Waals surface area contributed by atoms with Crippen molar-refractivity contribution in [1.82, 2.24) is 9.88 Å². The lowest BCUT2D eigenvalue weighted by molar-refractivity contribution is -0.142. The van der Waals surface area contributed by atoms with Crippen molar-refractivity contribution in [3.05, 3.63) is 30.4 Å². The Hall–Kier alpha value is -2.74. The maximum absolute atomic E-state index is 12.4. The maximum Gasteiger partial charge on any atom is 0.246 e. The van der Waals surface area contributed by atoms with Crippen LogP contribution in [0.2, 0.25) is 0 Å². The zero-order valence-electron chi connectivity index (χ0n) is 14.8. The zero-order valence-corrected chi connectivity index (χ0v) is 15.6. The van der Waals surface area contributed by atoms with Crippen LogP contribution in [0.4, 0.5) is 5.13 Å². The van der Waals surface area contributed by atoms with Gasteiger partial charge in [0.15, 0.2) is 5.13 Å². The number of imide groups is 1. The summed E-state index contributed by atoms with van der Waals surface area (Å²) in [5.74, 6) is -0.835. The lowest BCUT2D eigenvalue weighted by atomic mass is 9.85. The smallest absolute Gasteiger partial charge is 0.246 e. The van der Waals surface area contributed by atoms with Crippen LogP contribution in [-0.4, -0.2) is 40.8 Å². The molecule has 1 saturated heterocycles. The van der Waals surface area contributed by atoms with Gasteiger partial charge in [0.25, 0.3) is 0 Å². The second-order valence-corrected chi connectivity index (χ2v) is 7.58. The van der Waals surface area contributed by atoms with Crippen molar-refractivity contribution in [2.75, 3.05) is 18.5 Å². The van der Waals surface area contributed by atoms with Crippen LogP contribution in [0.3, 0.4) is 0 Å². The van der Waals surface area contributed by atoms with Crippen LogP contribution < -0.4 is 10.1 Å². The van der Waals surface area contributed by atoms with E-state index in [-0.39, 0.29) is 30.2 Å². The number of carbonyl (C=O) groups excluding carboxylic acids is 3. The van der Waals surface area contributed by atoms with E-state index in [1.807, 2.05) is 37.3 Å². The van der Waals surface area contributed by atoms with E-state index in [0.717, 1.165) is 20.9 Å². The summed E-state index contributed by atoms with van der Waals surface area (Å²) in [5.41, 5.74) is 0.754. The summed E-state index contributed by atoms with van der Waals surface area (Å²) in [5, 5.41) is 3.13. The van der Waals surface area contributed by atoms with Gasteiger partial charge in [-0.3, -0.25) is 19.3 Å². The third-order valence-corrected chi connectivity index (χ3v) is 5.75. The molecule has 2 aromatic rings. The molecule has 27 heavy (non-hydrogen) atoms. The highest BCUT2D eigenvalue weighted by atomic mass is 32.1. The van der Waals surface area contributed by atoms with Gasteiger partial charge >= 0.3 is 0 Å². The Bertz CT molecular complexity index is 926. The minimum Gasteiger partial charge on any atom is -0.494 e. The van der Waals surface area contributed by atoms with Gasteiger partial charge in [-0.2, -0.15) is 0 Å². The quantitative estimate of drug-likeness (QED) is 0.631. The van der Waals surface area contributed by atoms with E-state index in [9.17, 15) is 14.4 Å². The van der Waals surface area contributed by atoms with Crippen LogP contribution >= 0.6 is 11.3 Å². The van der Waals surface area contributed by atoms with Crippen LogP contribution in [0, 0.1) is 11.8 Å². The highest BCUT2D eigenvalue weighted by Gasteiger charge is 2.47. The highest BCUT2D eigenvalue weighted by Crippen LogP contribution is 2.35. The van der Waals surface area contributed by atoms with Gasteiger partial charge in [-0.05, 0) is 38.0 Å². The normalized spacial score (nSPS) is 21.6. The second kappa shape index (κ2) is 7.11. The molecular formula is C19H19N3O4S. The number of aromatic nitrogens is 1. The van der Waals surface area contributed by atoms with Gasteiger partial charge in [0.05, 0.1) is 28.7 Å². The molecule has 8 heteroatoms. The summed E-state index contributed by atoms with van der Waals surface area (Å²) in [6.07, 6.45) is 4.97. The first-order valence-corrected chi connectivity index (χ1v) is 9.72. The van der Waals surface area contributed by atoms with Crippen molar-refractivity contribution in [3.63, 3.8) is 0 Å². The molecule has 1 aromatic carbocycles. The minimum atomic E-state index is -0.424.